The molecule has 5 heteroatoms. The first-order valence-electron chi connectivity index (χ1n) is 6.10. The molecule has 104 valence electrons. The van der Waals surface area contributed by atoms with Crippen molar-refractivity contribution in [3.8, 4) is 17.6 Å². The molecule has 1 N–H and O–H groups in total. The van der Waals surface area contributed by atoms with Crippen molar-refractivity contribution in [1.82, 2.24) is 9.78 Å². The third kappa shape index (κ3) is 3.13. The van der Waals surface area contributed by atoms with E-state index in [-0.39, 0.29) is 6.61 Å². The summed E-state index contributed by atoms with van der Waals surface area (Å²) >= 11 is 6.00. The van der Waals surface area contributed by atoms with E-state index in [4.69, 9.17) is 21.4 Å². The summed E-state index contributed by atoms with van der Waals surface area (Å²) in [6.45, 7) is 2.31. The maximum atomic E-state index is 8.74. The van der Waals surface area contributed by atoms with Gasteiger partial charge < -0.3 is 9.84 Å². The molecule has 20 heavy (non-hydrogen) atoms. The lowest BCUT2D eigenvalue weighted by Crippen LogP contribution is -2.05. The number of nitrogens with zero attached hydrogens (tertiary/aromatic N) is 2. The molecule has 0 amide bonds. The monoisotopic (exact) mass is 290 g/mol. The standard InChI is InChI=1S/C15H15ClN2O2/c1-11-14(16)9-17-18(11)10-13-8-12(4-3-7-19)5-6-15(13)20-2/h5-6,8-9,19H,7,10H2,1-2H3. The fourth-order valence-corrected chi connectivity index (χ4v) is 2.01. The molecule has 0 aliphatic rings. The Bertz CT molecular complexity index is 668. The number of methoxy groups -OCH3 is 1. The van der Waals surface area contributed by atoms with Gasteiger partial charge in [0.05, 0.1) is 30.6 Å². The van der Waals surface area contributed by atoms with Gasteiger partial charge in [-0.2, -0.15) is 5.10 Å². The molecule has 1 aromatic heterocycles. The molecule has 0 bridgehead atoms. The Hall–Kier alpha value is -1.96. The summed E-state index contributed by atoms with van der Waals surface area (Å²) in [6, 6.07) is 5.64. The zero-order valence-corrected chi connectivity index (χ0v) is 12.1. The van der Waals surface area contributed by atoms with Crippen LogP contribution >= 0.6 is 11.6 Å². The lowest BCUT2D eigenvalue weighted by molar-refractivity contribution is 0.350. The summed E-state index contributed by atoms with van der Waals surface area (Å²) < 4.78 is 7.16. The van der Waals surface area contributed by atoms with Crippen LogP contribution in [0.5, 0.6) is 5.75 Å². The number of rotatable bonds is 3. The summed E-state index contributed by atoms with van der Waals surface area (Å²) in [5, 5.41) is 13.6. The van der Waals surface area contributed by atoms with E-state index in [0.29, 0.717) is 11.6 Å². The van der Waals surface area contributed by atoms with E-state index in [0.717, 1.165) is 22.6 Å². The van der Waals surface area contributed by atoms with Crippen molar-refractivity contribution in [2.45, 2.75) is 13.5 Å². The van der Waals surface area contributed by atoms with Crippen LogP contribution in [-0.2, 0) is 6.54 Å². The first-order valence-corrected chi connectivity index (χ1v) is 6.48. The minimum atomic E-state index is -0.158. The second-order valence-corrected chi connectivity index (χ2v) is 4.63. The number of aliphatic hydroxyl groups is 1. The quantitative estimate of drug-likeness (QED) is 0.882. The molecule has 0 aliphatic heterocycles. The van der Waals surface area contributed by atoms with Gasteiger partial charge in [-0.05, 0) is 25.1 Å². The number of hydrogen-bond donors (Lipinski definition) is 1. The van der Waals surface area contributed by atoms with Crippen LogP contribution in [0.2, 0.25) is 5.02 Å². The first-order chi connectivity index (χ1) is 9.65. The maximum absolute atomic E-state index is 8.74. The zero-order valence-electron chi connectivity index (χ0n) is 11.4. The number of aliphatic hydroxyl groups excluding tert-OH is 1. The van der Waals surface area contributed by atoms with Gasteiger partial charge in [-0.1, -0.05) is 23.4 Å². The smallest absolute Gasteiger partial charge is 0.124 e. The molecule has 2 aromatic rings. The van der Waals surface area contributed by atoms with Gasteiger partial charge in [0, 0.05) is 11.1 Å². The Morgan fingerprint density at radius 2 is 2.25 bits per heavy atom. The third-order valence-corrected chi connectivity index (χ3v) is 3.33. The van der Waals surface area contributed by atoms with Gasteiger partial charge in [0.1, 0.15) is 12.4 Å². The zero-order chi connectivity index (χ0) is 14.5. The number of aromatic nitrogens is 2. The second-order valence-electron chi connectivity index (χ2n) is 4.22. The first kappa shape index (κ1) is 14.4. The van der Waals surface area contributed by atoms with Crippen LogP contribution in [0, 0.1) is 18.8 Å². The fourth-order valence-electron chi connectivity index (χ4n) is 1.87. The van der Waals surface area contributed by atoms with E-state index in [9.17, 15) is 0 Å². The lowest BCUT2D eigenvalue weighted by Gasteiger charge is -2.10. The van der Waals surface area contributed by atoms with Crippen LogP contribution in [0.15, 0.2) is 24.4 Å². The van der Waals surface area contributed by atoms with Crippen LogP contribution < -0.4 is 4.74 Å². The molecule has 0 aliphatic carbocycles. The summed E-state index contributed by atoms with van der Waals surface area (Å²) in [6.07, 6.45) is 1.62. The molecule has 0 fully saturated rings. The molecule has 1 heterocycles. The fraction of sp³-hybridized carbons (Fsp3) is 0.267. The number of hydrogen-bond acceptors (Lipinski definition) is 3. The average molecular weight is 291 g/mol. The van der Waals surface area contributed by atoms with E-state index < -0.39 is 0 Å². The van der Waals surface area contributed by atoms with Gasteiger partial charge in [-0.25, -0.2) is 0 Å². The summed E-state index contributed by atoms with van der Waals surface area (Å²) in [5.41, 5.74) is 2.69. The molecular formula is C15H15ClN2O2. The molecule has 4 nitrogen and oxygen atoms in total. The summed E-state index contributed by atoms with van der Waals surface area (Å²) in [7, 11) is 1.63. The van der Waals surface area contributed by atoms with Crippen molar-refractivity contribution in [2.75, 3.05) is 13.7 Å². The van der Waals surface area contributed by atoms with Gasteiger partial charge in [0.25, 0.3) is 0 Å². The SMILES string of the molecule is COc1ccc(C#CCO)cc1Cn1ncc(Cl)c1C. The molecule has 2 rings (SSSR count). The Labute approximate surface area is 122 Å². The minimum absolute atomic E-state index is 0.158. The minimum Gasteiger partial charge on any atom is -0.496 e. The summed E-state index contributed by atoms with van der Waals surface area (Å²) in [5.74, 6) is 6.28. The lowest BCUT2D eigenvalue weighted by atomic mass is 10.1. The van der Waals surface area contributed by atoms with Crippen molar-refractivity contribution < 1.29 is 9.84 Å². The maximum Gasteiger partial charge on any atom is 0.124 e. The van der Waals surface area contributed by atoms with Crippen LogP contribution in [0.1, 0.15) is 16.8 Å². The molecule has 0 saturated heterocycles. The van der Waals surface area contributed by atoms with E-state index in [1.54, 1.807) is 13.3 Å². The molecule has 0 spiro atoms. The number of benzene rings is 1. The van der Waals surface area contributed by atoms with Crippen LogP contribution in [0.3, 0.4) is 0 Å². The highest BCUT2D eigenvalue weighted by molar-refractivity contribution is 6.31. The van der Waals surface area contributed by atoms with Crippen LogP contribution in [-0.4, -0.2) is 28.6 Å². The van der Waals surface area contributed by atoms with Gasteiger partial charge in [-0.3, -0.25) is 4.68 Å². The van der Waals surface area contributed by atoms with Gasteiger partial charge in [-0.15, -0.1) is 0 Å². The predicted molar refractivity (Wildman–Crippen MR) is 78.0 cm³/mol. The van der Waals surface area contributed by atoms with Crippen molar-refractivity contribution in [2.24, 2.45) is 0 Å². The topological polar surface area (TPSA) is 47.3 Å². The van der Waals surface area contributed by atoms with Crippen molar-refractivity contribution in [3.63, 3.8) is 0 Å². The Kier molecular flexibility index (Phi) is 4.67. The Balaban J connectivity index is 2.35. The molecule has 0 saturated carbocycles. The van der Waals surface area contributed by atoms with Gasteiger partial charge >= 0.3 is 0 Å². The second kappa shape index (κ2) is 6.47. The van der Waals surface area contributed by atoms with E-state index >= 15 is 0 Å². The molecule has 0 atom stereocenters. The molecule has 0 unspecified atom stereocenters. The normalized spacial score (nSPS) is 10.0. The molecule has 0 radical (unpaired) electrons. The predicted octanol–water partition coefficient (Wildman–Crippen LogP) is 2.25. The highest BCUT2D eigenvalue weighted by Crippen LogP contribution is 2.22. The molecular weight excluding hydrogens is 276 g/mol. The van der Waals surface area contributed by atoms with E-state index in [1.165, 1.54) is 0 Å². The highest BCUT2D eigenvalue weighted by Gasteiger charge is 2.09. The van der Waals surface area contributed by atoms with Gasteiger partial charge in [0.15, 0.2) is 0 Å². The Morgan fingerprint density at radius 1 is 1.45 bits per heavy atom. The number of halogens is 1. The Morgan fingerprint density at radius 3 is 2.85 bits per heavy atom. The van der Waals surface area contributed by atoms with E-state index in [2.05, 4.69) is 16.9 Å². The summed E-state index contributed by atoms with van der Waals surface area (Å²) in [4.78, 5) is 0. The highest BCUT2D eigenvalue weighted by atomic mass is 35.5. The van der Waals surface area contributed by atoms with Crippen molar-refractivity contribution >= 4 is 11.6 Å². The average Bonchev–Trinajstić information content (AvgIpc) is 2.77. The van der Waals surface area contributed by atoms with E-state index in [1.807, 2.05) is 29.8 Å². The molecule has 1 aromatic carbocycles. The number of ether oxygens (including phenoxy) is 1. The van der Waals surface area contributed by atoms with Crippen LogP contribution in [0.25, 0.3) is 0 Å². The largest absolute Gasteiger partial charge is 0.496 e. The van der Waals surface area contributed by atoms with Crippen molar-refractivity contribution in [3.05, 3.63) is 46.2 Å². The van der Waals surface area contributed by atoms with Crippen LogP contribution in [0.4, 0.5) is 0 Å². The van der Waals surface area contributed by atoms with Crippen molar-refractivity contribution in [1.29, 1.82) is 0 Å². The third-order valence-electron chi connectivity index (χ3n) is 2.96. The van der Waals surface area contributed by atoms with Gasteiger partial charge in [0.2, 0.25) is 0 Å².